The molecule has 12 heteroatoms. The summed E-state index contributed by atoms with van der Waals surface area (Å²) in [6.07, 6.45) is 0. The van der Waals surface area contributed by atoms with Crippen LogP contribution in [0.1, 0.15) is 10.4 Å². The highest BCUT2D eigenvalue weighted by Gasteiger charge is 2.87. The molecule has 2 aliphatic carbocycles. The van der Waals surface area contributed by atoms with Crippen LogP contribution < -0.4 is 5.43 Å². The number of carbonyl (C=O) groups is 3. The van der Waals surface area contributed by atoms with Crippen LogP contribution in [0, 0.1) is 11.8 Å². The van der Waals surface area contributed by atoms with Crippen LogP contribution in [0.25, 0.3) is 0 Å². The highest BCUT2D eigenvalue weighted by molar-refractivity contribution is 6.66. The molecule has 1 aromatic carbocycles. The molecular formula is C16H7Cl7N2O3. The summed E-state index contributed by atoms with van der Waals surface area (Å²) in [5.41, 5.74) is 2.42. The van der Waals surface area contributed by atoms with Crippen molar-refractivity contribution in [3.8, 4) is 0 Å². The van der Waals surface area contributed by atoms with Gasteiger partial charge in [0.05, 0.1) is 21.9 Å². The zero-order chi connectivity index (χ0) is 20.8. The predicted molar refractivity (Wildman–Crippen MR) is 108 cm³/mol. The van der Waals surface area contributed by atoms with Crippen LogP contribution in [0.3, 0.4) is 0 Å². The highest BCUT2D eigenvalue weighted by atomic mass is 35.5. The van der Waals surface area contributed by atoms with Gasteiger partial charge in [-0.3, -0.25) is 19.8 Å². The van der Waals surface area contributed by atoms with Crippen molar-refractivity contribution in [3.05, 3.63) is 44.9 Å². The van der Waals surface area contributed by atoms with E-state index < -0.39 is 43.6 Å². The second-order valence-electron chi connectivity index (χ2n) is 6.54. The maximum Gasteiger partial charge on any atom is 0.270 e. The Balaban J connectivity index is 1.71. The number of fused-ring (bicyclic) bond motifs is 5. The van der Waals surface area contributed by atoms with Gasteiger partial charge >= 0.3 is 0 Å². The number of amides is 3. The fourth-order valence-electron chi connectivity index (χ4n) is 3.87. The van der Waals surface area contributed by atoms with E-state index in [9.17, 15) is 14.4 Å². The molecule has 4 rings (SSSR count). The summed E-state index contributed by atoms with van der Waals surface area (Å²) in [6.45, 7) is 0. The standard InChI is InChI=1S/C16H7Cl7N2O3/c17-6-3-1-5(2-4-6)11(26)24-25-12(27)7-8(13(25)28)15(21)10(19)9(18)14(7,20)16(15,22)23/h1-4,7-8H,(H,24,26)/t7-,8+,14-,15-/m1/s1. The van der Waals surface area contributed by atoms with Crippen molar-refractivity contribution < 1.29 is 14.4 Å². The molecule has 1 heterocycles. The van der Waals surface area contributed by atoms with E-state index in [1.54, 1.807) is 0 Å². The summed E-state index contributed by atoms with van der Waals surface area (Å²) >= 11 is 44.1. The van der Waals surface area contributed by atoms with Gasteiger partial charge in [0.25, 0.3) is 17.7 Å². The zero-order valence-electron chi connectivity index (χ0n) is 13.3. The van der Waals surface area contributed by atoms with Gasteiger partial charge in [0.15, 0.2) is 4.33 Å². The number of hydrazine groups is 1. The molecule has 28 heavy (non-hydrogen) atoms. The molecule has 3 amide bonds. The van der Waals surface area contributed by atoms with Crippen LogP contribution in [0.5, 0.6) is 0 Å². The van der Waals surface area contributed by atoms with Gasteiger partial charge in [0.1, 0.15) is 9.75 Å². The van der Waals surface area contributed by atoms with E-state index >= 15 is 0 Å². The van der Waals surface area contributed by atoms with Gasteiger partial charge < -0.3 is 0 Å². The van der Waals surface area contributed by atoms with Gasteiger partial charge in [-0.25, -0.2) is 0 Å². The van der Waals surface area contributed by atoms with Crippen molar-refractivity contribution in [2.45, 2.75) is 14.1 Å². The molecule has 4 atom stereocenters. The Morgan fingerprint density at radius 2 is 1.29 bits per heavy atom. The minimum Gasteiger partial charge on any atom is -0.272 e. The summed E-state index contributed by atoms with van der Waals surface area (Å²) in [5.74, 6) is -5.03. The number of nitrogens with one attached hydrogen (secondary N) is 1. The average Bonchev–Trinajstić information content (AvgIpc) is 3.01. The van der Waals surface area contributed by atoms with E-state index in [0.717, 1.165) is 0 Å². The molecule has 2 fully saturated rings. The largest absolute Gasteiger partial charge is 0.272 e. The van der Waals surface area contributed by atoms with E-state index in [2.05, 4.69) is 5.43 Å². The van der Waals surface area contributed by atoms with Crippen LogP contribution >= 0.6 is 81.2 Å². The van der Waals surface area contributed by atoms with Crippen molar-refractivity contribution in [3.63, 3.8) is 0 Å². The number of imide groups is 1. The average molecular weight is 523 g/mol. The number of allylic oxidation sites excluding steroid dienone is 2. The Labute approximate surface area is 193 Å². The van der Waals surface area contributed by atoms with Gasteiger partial charge in [0.2, 0.25) is 0 Å². The van der Waals surface area contributed by atoms with Gasteiger partial charge in [-0.1, -0.05) is 58.0 Å². The van der Waals surface area contributed by atoms with E-state index in [-0.39, 0.29) is 15.6 Å². The van der Waals surface area contributed by atoms with Gasteiger partial charge in [0, 0.05) is 10.6 Å². The maximum atomic E-state index is 13.0. The Hall–Kier alpha value is -0.400. The molecule has 0 spiro atoms. The molecule has 0 aromatic heterocycles. The Bertz CT molecular complexity index is 933. The smallest absolute Gasteiger partial charge is 0.270 e. The first-order valence-electron chi connectivity index (χ1n) is 7.67. The van der Waals surface area contributed by atoms with Crippen molar-refractivity contribution in [2.24, 2.45) is 11.8 Å². The number of nitrogens with zero attached hydrogens (tertiary/aromatic N) is 1. The lowest BCUT2D eigenvalue weighted by molar-refractivity contribution is -0.143. The molecule has 1 saturated heterocycles. The van der Waals surface area contributed by atoms with Crippen LogP contribution in [0.2, 0.25) is 5.02 Å². The summed E-state index contributed by atoms with van der Waals surface area (Å²) in [4.78, 5) is 34.6. The molecular weight excluding hydrogens is 516 g/mol. The topological polar surface area (TPSA) is 66.5 Å². The normalized spacial score (nSPS) is 35.6. The van der Waals surface area contributed by atoms with Crippen molar-refractivity contribution in [2.75, 3.05) is 0 Å². The zero-order valence-corrected chi connectivity index (χ0v) is 18.6. The Kier molecular flexibility index (Phi) is 4.69. The van der Waals surface area contributed by atoms with Gasteiger partial charge in [-0.05, 0) is 24.3 Å². The molecule has 1 N–H and O–H groups in total. The second kappa shape index (κ2) is 6.30. The molecule has 3 aliphatic rings. The molecule has 1 aromatic rings. The third-order valence-electron chi connectivity index (χ3n) is 5.23. The first-order chi connectivity index (χ1) is 12.9. The van der Waals surface area contributed by atoms with E-state index in [0.29, 0.717) is 10.0 Å². The van der Waals surface area contributed by atoms with E-state index in [1.165, 1.54) is 24.3 Å². The number of hydrogen-bond acceptors (Lipinski definition) is 3. The van der Waals surface area contributed by atoms with Crippen LogP contribution in [0.15, 0.2) is 34.3 Å². The third kappa shape index (κ3) is 2.22. The van der Waals surface area contributed by atoms with E-state index in [4.69, 9.17) is 81.2 Å². The maximum absolute atomic E-state index is 13.0. The molecule has 1 saturated carbocycles. The lowest BCUT2D eigenvalue weighted by Crippen LogP contribution is -2.54. The summed E-state index contributed by atoms with van der Waals surface area (Å²) in [5, 5.41) is 0.553. The summed E-state index contributed by atoms with van der Waals surface area (Å²) < 4.78 is -2.02. The van der Waals surface area contributed by atoms with Gasteiger partial charge in [-0.15, -0.1) is 23.2 Å². The molecule has 2 bridgehead atoms. The molecule has 0 radical (unpaired) electrons. The fraction of sp³-hybridized carbons (Fsp3) is 0.312. The quantitative estimate of drug-likeness (QED) is 0.461. The fourth-order valence-corrected chi connectivity index (χ4v) is 6.93. The number of hydrogen-bond donors (Lipinski definition) is 1. The number of benzene rings is 1. The Morgan fingerprint density at radius 1 is 0.857 bits per heavy atom. The minimum atomic E-state index is -2.02. The molecule has 5 nitrogen and oxygen atoms in total. The third-order valence-corrected chi connectivity index (χ3v) is 9.74. The first kappa shape index (κ1) is 20.9. The lowest BCUT2D eigenvalue weighted by Gasteiger charge is -2.34. The van der Waals surface area contributed by atoms with Crippen LogP contribution in [0.4, 0.5) is 0 Å². The van der Waals surface area contributed by atoms with Crippen LogP contribution in [-0.4, -0.2) is 36.8 Å². The van der Waals surface area contributed by atoms with Crippen molar-refractivity contribution in [1.82, 2.24) is 10.4 Å². The van der Waals surface area contributed by atoms with Crippen LogP contribution in [-0.2, 0) is 9.59 Å². The summed E-state index contributed by atoms with van der Waals surface area (Å²) in [7, 11) is 0. The number of halogens is 7. The Morgan fingerprint density at radius 3 is 1.71 bits per heavy atom. The van der Waals surface area contributed by atoms with Gasteiger partial charge in [-0.2, -0.15) is 5.01 Å². The monoisotopic (exact) mass is 520 g/mol. The predicted octanol–water partition coefficient (Wildman–Crippen LogP) is 4.43. The second-order valence-corrected chi connectivity index (χ2v) is 10.3. The first-order valence-corrected chi connectivity index (χ1v) is 10.3. The SMILES string of the molecule is O=C(NN1C(=O)[C@@H]2[C@H](C1=O)[C@@]1(Cl)C(Cl)=C(Cl)[C@@]2(Cl)C1(Cl)Cl)c1ccc(Cl)cc1. The van der Waals surface area contributed by atoms with E-state index in [1.807, 2.05) is 0 Å². The number of rotatable bonds is 2. The van der Waals surface area contributed by atoms with Crippen molar-refractivity contribution >= 4 is 98.9 Å². The highest BCUT2D eigenvalue weighted by Crippen LogP contribution is 2.77. The lowest BCUT2D eigenvalue weighted by atomic mass is 9.84. The minimum absolute atomic E-state index is 0.171. The molecule has 0 unspecified atom stereocenters. The molecule has 148 valence electrons. The summed E-state index contributed by atoms with van der Waals surface area (Å²) in [6, 6.07) is 5.83. The van der Waals surface area contributed by atoms with Crippen molar-refractivity contribution in [1.29, 1.82) is 0 Å². The molecule has 1 aliphatic heterocycles. The number of carbonyl (C=O) groups excluding carboxylic acids is 3. The number of alkyl halides is 4.